The number of hydrogen-bond acceptors (Lipinski definition) is 7. The van der Waals surface area contributed by atoms with Crippen LogP contribution in [0.1, 0.15) is 29.2 Å². The second-order valence-electron chi connectivity index (χ2n) is 10.5. The topological polar surface area (TPSA) is 101 Å². The lowest BCUT2D eigenvalue weighted by molar-refractivity contribution is -0.136. The third kappa shape index (κ3) is 5.54. The van der Waals surface area contributed by atoms with Crippen molar-refractivity contribution in [2.24, 2.45) is 4.99 Å². The number of ether oxygens (including phenoxy) is 3. The number of para-hydroxylation sites is 1. The third-order valence-corrected chi connectivity index (χ3v) is 8.33. The van der Waals surface area contributed by atoms with E-state index in [0.29, 0.717) is 63.1 Å². The number of anilines is 1. The zero-order valence-electron chi connectivity index (χ0n) is 23.1. The molecule has 3 aromatic rings. The minimum atomic E-state index is -1.31. The van der Waals surface area contributed by atoms with Crippen LogP contribution < -0.4 is 9.64 Å². The summed E-state index contributed by atoms with van der Waals surface area (Å²) in [6.07, 6.45) is 0.172. The van der Waals surface area contributed by atoms with Gasteiger partial charge in [-0.25, -0.2) is 4.99 Å². The van der Waals surface area contributed by atoms with E-state index in [0.717, 1.165) is 21.2 Å². The van der Waals surface area contributed by atoms with Gasteiger partial charge >= 0.3 is 0 Å². The molecule has 0 radical (unpaired) electrons. The van der Waals surface area contributed by atoms with Crippen molar-refractivity contribution in [3.05, 3.63) is 94.0 Å². The highest BCUT2D eigenvalue weighted by Gasteiger charge is 2.59. The number of aliphatic hydroxyl groups is 1. The molecule has 42 heavy (non-hydrogen) atoms. The van der Waals surface area contributed by atoms with Gasteiger partial charge in [0.2, 0.25) is 11.8 Å². The average molecular weight is 635 g/mol. The van der Waals surface area contributed by atoms with Crippen LogP contribution in [0.2, 0.25) is 0 Å². The van der Waals surface area contributed by atoms with Gasteiger partial charge in [-0.3, -0.25) is 9.59 Å². The van der Waals surface area contributed by atoms with Gasteiger partial charge in [0.05, 0.1) is 25.5 Å². The van der Waals surface area contributed by atoms with Crippen LogP contribution in [-0.2, 0) is 25.5 Å². The van der Waals surface area contributed by atoms with E-state index in [2.05, 4.69) is 15.9 Å². The summed E-state index contributed by atoms with van der Waals surface area (Å²) in [6.45, 7) is 2.36. The van der Waals surface area contributed by atoms with Crippen LogP contribution in [0, 0.1) is 0 Å². The highest BCUT2D eigenvalue weighted by Crippen LogP contribution is 2.50. The molecule has 1 N–H and O–H groups in total. The zero-order chi connectivity index (χ0) is 29.1. The molecule has 0 aliphatic carbocycles. The number of aliphatic hydroxyl groups excluding tert-OH is 1. The van der Waals surface area contributed by atoms with Crippen molar-refractivity contribution in [1.82, 2.24) is 4.90 Å². The van der Waals surface area contributed by atoms with Gasteiger partial charge in [0.1, 0.15) is 12.3 Å². The average Bonchev–Trinajstić information content (AvgIpc) is 3.42. The van der Waals surface area contributed by atoms with Gasteiger partial charge in [-0.15, -0.1) is 0 Å². The molecule has 3 aliphatic heterocycles. The van der Waals surface area contributed by atoms with E-state index in [1.807, 2.05) is 72.8 Å². The molecule has 2 amide bonds. The Bertz CT molecular complexity index is 1470. The summed E-state index contributed by atoms with van der Waals surface area (Å²) in [5, 5.41) is 9.03. The number of aliphatic imine (C=N–C) groups is 1. The monoisotopic (exact) mass is 633 g/mol. The van der Waals surface area contributed by atoms with E-state index in [9.17, 15) is 9.59 Å². The maximum Gasteiger partial charge on any atom is 0.260 e. The number of morpholine rings is 1. The first-order chi connectivity index (χ1) is 20.5. The van der Waals surface area contributed by atoms with Crippen LogP contribution in [0.3, 0.4) is 0 Å². The Kier molecular flexibility index (Phi) is 8.28. The molecule has 9 nitrogen and oxygen atoms in total. The molecule has 0 unspecified atom stereocenters. The van der Waals surface area contributed by atoms with Crippen molar-refractivity contribution in [3.63, 3.8) is 0 Å². The van der Waals surface area contributed by atoms with Crippen molar-refractivity contribution in [2.45, 2.75) is 24.5 Å². The molecule has 0 bridgehead atoms. The second kappa shape index (κ2) is 12.2. The van der Waals surface area contributed by atoms with Crippen LogP contribution in [0.25, 0.3) is 0 Å². The Morgan fingerprint density at radius 2 is 1.79 bits per heavy atom. The van der Waals surface area contributed by atoms with Gasteiger partial charge < -0.3 is 29.1 Å². The number of carbonyl (C=O) groups is 2. The highest BCUT2D eigenvalue weighted by atomic mass is 79.9. The molecule has 2 atom stereocenters. The molecule has 1 saturated heterocycles. The van der Waals surface area contributed by atoms with Crippen LogP contribution in [-0.4, -0.2) is 79.3 Å². The van der Waals surface area contributed by atoms with Gasteiger partial charge in [0, 0.05) is 48.1 Å². The lowest BCUT2D eigenvalue weighted by Crippen LogP contribution is -2.58. The number of benzene rings is 3. The van der Waals surface area contributed by atoms with E-state index in [1.54, 1.807) is 9.80 Å². The van der Waals surface area contributed by atoms with Crippen LogP contribution in [0.4, 0.5) is 5.69 Å². The van der Waals surface area contributed by atoms with Crippen LogP contribution in [0.5, 0.6) is 5.75 Å². The number of hydrogen-bond donors (Lipinski definition) is 1. The van der Waals surface area contributed by atoms with Crippen molar-refractivity contribution in [2.75, 3.05) is 51.0 Å². The van der Waals surface area contributed by atoms with Gasteiger partial charge in [-0.05, 0) is 48.0 Å². The predicted molar refractivity (Wildman–Crippen MR) is 161 cm³/mol. The molecule has 1 fully saturated rings. The Morgan fingerprint density at radius 3 is 2.52 bits per heavy atom. The minimum absolute atomic E-state index is 0.0646. The van der Waals surface area contributed by atoms with E-state index in [-0.39, 0.29) is 25.0 Å². The number of halogens is 1. The number of fused-ring (bicyclic) bond motifs is 3. The molecular weight excluding hydrogens is 602 g/mol. The summed E-state index contributed by atoms with van der Waals surface area (Å²) >= 11 is 3.50. The van der Waals surface area contributed by atoms with Crippen LogP contribution >= 0.6 is 15.9 Å². The summed E-state index contributed by atoms with van der Waals surface area (Å²) in [5.41, 5.74) is 1.81. The molecule has 0 spiro atoms. The Morgan fingerprint density at radius 1 is 1.05 bits per heavy atom. The fourth-order valence-electron chi connectivity index (χ4n) is 5.66. The number of rotatable bonds is 9. The quantitative estimate of drug-likeness (QED) is 0.359. The van der Waals surface area contributed by atoms with Gasteiger partial charge in [0.15, 0.2) is 11.6 Å². The SMILES string of the molecule is O=C(CN1C(=O)[C@]2(Cc3ccc(Br)cc3)N=C(c3ccc(OCCCO)cc3)O[C@@H]2c2ccccc21)N1CCOCC1. The number of nitrogens with zero attached hydrogens (tertiary/aromatic N) is 3. The molecule has 6 rings (SSSR count). The fraction of sp³-hybridized carbons (Fsp3) is 0.344. The van der Waals surface area contributed by atoms with Crippen molar-refractivity contribution in [1.29, 1.82) is 0 Å². The van der Waals surface area contributed by atoms with E-state index in [1.165, 1.54) is 0 Å². The Hall–Kier alpha value is -3.73. The zero-order valence-corrected chi connectivity index (χ0v) is 24.7. The summed E-state index contributed by atoms with van der Waals surface area (Å²) in [4.78, 5) is 36.4. The summed E-state index contributed by atoms with van der Waals surface area (Å²) in [6, 6.07) is 22.8. The Balaban J connectivity index is 1.39. The fourth-order valence-corrected chi connectivity index (χ4v) is 5.93. The standard InChI is InChI=1S/C32H32BrN3O6/c33-24-10-6-22(7-11-24)20-32-29(42-30(34-32)23-8-12-25(13-9-23)41-17-3-16-37)26-4-1-2-5-27(26)36(31(32)39)21-28(38)35-14-18-40-19-15-35/h1-2,4-13,29,37H,3,14-21H2/t29-,32-/m1/s1. The first kappa shape index (κ1) is 28.4. The maximum absolute atomic E-state index is 14.7. The summed E-state index contributed by atoms with van der Waals surface area (Å²) < 4.78 is 18.6. The summed E-state index contributed by atoms with van der Waals surface area (Å²) in [7, 11) is 0. The lowest BCUT2D eigenvalue weighted by atomic mass is 9.78. The number of amides is 2. The van der Waals surface area contributed by atoms with Gasteiger partial charge in [0.25, 0.3) is 5.91 Å². The van der Waals surface area contributed by atoms with Crippen LogP contribution in [0.15, 0.2) is 82.3 Å². The molecule has 10 heteroatoms. The Labute approximate surface area is 252 Å². The maximum atomic E-state index is 14.7. The normalized spacial score (nSPS) is 21.3. The predicted octanol–water partition coefficient (Wildman–Crippen LogP) is 3.92. The number of carbonyl (C=O) groups excluding carboxylic acids is 2. The third-order valence-electron chi connectivity index (χ3n) is 7.81. The van der Waals surface area contributed by atoms with E-state index in [4.69, 9.17) is 24.3 Å². The molecule has 218 valence electrons. The largest absolute Gasteiger partial charge is 0.494 e. The lowest BCUT2D eigenvalue weighted by Gasteiger charge is -2.42. The molecule has 3 heterocycles. The van der Waals surface area contributed by atoms with Gasteiger partial charge in [-0.2, -0.15) is 0 Å². The molecule has 0 saturated carbocycles. The second-order valence-corrected chi connectivity index (χ2v) is 11.5. The molecule has 0 aromatic heterocycles. The molecular formula is C32H32BrN3O6. The van der Waals surface area contributed by atoms with Gasteiger partial charge in [-0.1, -0.05) is 46.3 Å². The smallest absolute Gasteiger partial charge is 0.260 e. The van der Waals surface area contributed by atoms with Crippen molar-refractivity contribution in [3.8, 4) is 5.75 Å². The van der Waals surface area contributed by atoms with E-state index < -0.39 is 11.6 Å². The first-order valence-electron chi connectivity index (χ1n) is 14.1. The minimum Gasteiger partial charge on any atom is -0.494 e. The highest BCUT2D eigenvalue weighted by molar-refractivity contribution is 9.10. The van der Waals surface area contributed by atoms with E-state index >= 15 is 0 Å². The first-order valence-corrected chi connectivity index (χ1v) is 14.9. The van der Waals surface area contributed by atoms with Crippen molar-refractivity contribution >= 4 is 39.3 Å². The molecule has 3 aromatic carbocycles. The summed E-state index contributed by atoms with van der Waals surface area (Å²) in [5.74, 6) is 0.638. The molecule has 3 aliphatic rings. The van der Waals surface area contributed by atoms with Crippen molar-refractivity contribution < 1.29 is 28.9 Å².